The van der Waals surface area contributed by atoms with Crippen molar-refractivity contribution < 1.29 is 4.79 Å². The summed E-state index contributed by atoms with van der Waals surface area (Å²) in [7, 11) is 0. The minimum Gasteiger partial charge on any atom is -0.339 e. The van der Waals surface area contributed by atoms with Crippen LogP contribution in [-0.2, 0) is 0 Å². The van der Waals surface area contributed by atoms with Crippen molar-refractivity contribution in [2.24, 2.45) is 11.8 Å². The van der Waals surface area contributed by atoms with E-state index in [1.54, 1.807) is 6.20 Å². The van der Waals surface area contributed by atoms with Gasteiger partial charge in [0.15, 0.2) is 0 Å². The Morgan fingerprint density at radius 3 is 2.44 bits per heavy atom. The number of benzene rings is 1. The molecule has 136 valence electrons. The lowest BCUT2D eigenvalue weighted by Gasteiger charge is -2.22. The van der Waals surface area contributed by atoms with Crippen molar-refractivity contribution in [3.8, 4) is 0 Å². The molecule has 0 radical (unpaired) electrons. The SMILES string of the molecule is Cc1c(C(=O)N2CC[C@@H]3CNC[C@@H]3CC2)cnc2ccccc12.Cl.Cl. The summed E-state index contributed by atoms with van der Waals surface area (Å²) in [4.78, 5) is 19.5. The lowest BCUT2D eigenvalue weighted by molar-refractivity contribution is 0.0757. The summed E-state index contributed by atoms with van der Waals surface area (Å²) < 4.78 is 0. The first-order valence-corrected chi connectivity index (χ1v) is 8.58. The molecule has 2 aliphatic heterocycles. The second-order valence-electron chi connectivity index (χ2n) is 6.86. The maximum Gasteiger partial charge on any atom is 0.255 e. The van der Waals surface area contributed by atoms with Crippen molar-refractivity contribution in [1.29, 1.82) is 0 Å². The van der Waals surface area contributed by atoms with Gasteiger partial charge in [-0.1, -0.05) is 18.2 Å². The molecule has 4 rings (SSSR count). The highest BCUT2D eigenvalue weighted by Crippen LogP contribution is 2.28. The summed E-state index contributed by atoms with van der Waals surface area (Å²) in [6.45, 7) is 6.00. The number of aryl methyl sites for hydroxylation is 1. The minimum absolute atomic E-state index is 0. The number of aromatic nitrogens is 1. The van der Waals surface area contributed by atoms with Crippen LogP contribution in [0.1, 0.15) is 28.8 Å². The van der Waals surface area contributed by atoms with Gasteiger partial charge in [-0.25, -0.2) is 0 Å². The lowest BCUT2D eigenvalue weighted by Crippen LogP contribution is -2.33. The van der Waals surface area contributed by atoms with E-state index in [0.29, 0.717) is 0 Å². The molecular formula is C19H25Cl2N3O. The van der Waals surface area contributed by atoms with Crippen LogP contribution in [0.4, 0.5) is 0 Å². The molecule has 2 saturated heterocycles. The second-order valence-corrected chi connectivity index (χ2v) is 6.86. The molecule has 25 heavy (non-hydrogen) atoms. The Morgan fingerprint density at radius 1 is 1.12 bits per heavy atom. The van der Waals surface area contributed by atoms with Crippen molar-refractivity contribution in [1.82, 2.24) is 15.2 Å². The van der Waals surface area contributed by atoms with E-state index in [1.165, 1.54) is 0 Å². The standard InChI is InChI=1S/C19H23N3O.2ClH/c1-13-16-4-2-3-5-18(16)21-12-17(13)19(23)22-8-6-14-10-20-11-15(14)7-9-22;;/h2-5,12,14-15,20H,6-11H2,1H3;2*1H/t14-,15+;;. The fraction of sp³-hybridized carbons (Fsp3) is 0.474. The Hall–Kier alpha value is -1.36. The van der Waals surface area contributed by atoms with Crippen LogP contribution in [0.3, 0.4) is 0 Å². The Bertz CT molecular complexity index is 739. The van der Waals surface area contributed by atoms with E-state index >= 15 is 0 Å². The third-order valence-corrected chi connectivity index (χ3v) is 5.58. The first-order chi connectivity index (χ1) is 11.2. The Balaban J connectivity index is 0.00000113. The smallest absolute Gasteiger partial charge is 0.255 e. The van der Waals surface area contributed by atoms with E-state index in [1.807, 2.05) is 36.1 Å². The Morgan fingerprint density at radius 2 is 1.76 bits per heavy atom. The number of halogens is 2. The number of rotatable bonds is 1. The number of nitrogens with one attached hydrogen (secondary N) is 1. The van der Waals surface area contributed by atoms with Gasteiger partial charge >= 0.3 is 0 Å². The molecule has 1 aromatic heterocycles. The van der Waals surface area contributed by atoms with Gasteiger partial charge < -0.3 is 10.2 Å². The van der Waals surface area contributed by atoms with Gasteiger partial charge in [-0.05, 0) is 56.3 Å². The van der Waals surface area contributed by atoms with Crippen molar-refractivity contribution in [3.05, 3.63) is 41.6 Å². The summed E-state index contributed by atoms with van der Waals surface area (Å²) in [6, 6.07) is 8.03. The number of likely N-dealkylation sites (tertiary alicyclic amines) is 1. The first kappa shape index (κ1) is 20.0. The predicted octanol–water partition coefficient (Wildman–Crippen LogP) is 3.46. The molecule has 1 aromatic carbocycles. The third kappa shape index (κ3) is 3.76. The monoisotopic (exact) mass is 381 g/mol. The van der Waals surface area contributed by atoms with Gasteiger partial charge in [0.25, 0.3) is 5.91 Å². The Labute approximate surface area is 161 Å². The minimum atomic E-state index is 0. The van der Waals surface area contributed by atoms with Crippen LogP contribution < -0.4 is 5.32 Å². The van der Waals surface area contributed by atoms with Gasteiger partial charge in [0.2, 0.25) is 0 Å². The number of fused-ring (bicyclic) bond motifs is 2. The highest BCUT2D eigenvalue weighted by Gasteiger charge is 2.32. The molecule has 1 amide bonds. The lowest BCUT2D eigenvalue weighted by atomic mass is 9.92. The van der Waals surface area contributed by atoms with E-state index < -0.39 is 0 Å². The maximum atomic E-state index is 13.0. The van der Waals surface area contributed by atoms with Gasteiger partial charge in [0.05, 0.1) is 11.1 Å². The molecular weight excluding hydrogens is 357 g/mol. The molecule has 0 bridgehead atoms. The van der Waals surface area contributed by atoms with Crippen molar-refractivity contribution in [2.45, 2.75) is 19.8 Å². The molecule has 1 N–H and O–H groups in total. The number of carbonyl (C=O) groups is 1. The van der Waals surface area contributed by atoms with E-state index in [2.05, 4.69) is 10.3 Å². The summed E-state index contributed by atoms with van der Waals surface area (Å²) >= 11 is 0. The number of hydrogen-bond acceptors (Lipinski definition) is 3. The second kappa shape index (κ2) is 8.35. The Kier molecular flexibility index (Phi) is 6.66. The molecule has 2 aliphatic rings. The number of hydrogen-bond donors (Lipinski definition) is 1. The topological polar surface area (TPSA) is 45.2 Å². The number of carbonyl (C=O) groups excluding carboxylic acids is 1. The van der Waals surface area contributed by atoms with Crippen LogP contribution in [0, 0.1) is 18.8 Å². The highest BCUT2D eigenvalue weighted by atomic mass is 35.5. The number of amides is 1. The van der Waals surface area contributed by atoms with E-state index in [9.17, 15) is 4.79 Å². The summed E-state index contributed by atoms with van der Waals surface area (Å²) in [5, 5.41) is 4.56. The summed E-state index contributed by atoms with van der Waals surface area (Å²) in [5.41, 5.74) is 2.76. The van der Waals surface area contributed by atoms with Gasteiger partial charge in [-0.15, -0.1) is 24.8 Å². The zero-order valence-electron chi connectivity index (χ0n) is 14.4. The molecule has 0 spiro atoms. The van der Waals surface area contributed by atoms with Gasteiger partial charge in [-0.3, -0.25) is 9.78 Å². The van der Waals surface area contributed by atoms with Crippen molar-refractivity contribution in [3.63, 3.8) is 0 Å². The first-order valence-electron chi connectivity index (χ1n) is 8.58. The summed E-state index contributed by atoms with van der Waals surface area (Å²) in [5.74, 6) is 1.63. The fourth-order valence-corrected chi connectivity index (χ4v) is 4.09. The van der Waals surface area contributed by atoms with E-state index in [0.717, 1.165) is 72.9 Å². The van der Waals surface area contributed by atoms with Crippen LogP contribution in [0.5, 0.6) is 0 Å². The molecule has 0 unspecified atom stereocenters. The van der Waals surface area contributed by atoms with Gasteiger partial charge in [0, 0.05) is 24.7 Å². The average Bonchev–Trinajstić information content (AvgIpc) is 2.93. The van der Waals surface area contributed by atoms with Gasteiger partial charge in [-0.2, -0.15) is 0 Å². The summed E-state index contributed by atoms with van der Waals surface area (Å²) in [6.07, 6.45) is 3.99. The third-order valence-electron chi connectivity index (χ3n) is 5.58. The largest absolute Gasteiger partial charge is 0.339 e. The number of pyridine rings is 1. The van der Waals surface area contributed by atoms with Crippen LogP contribution in [0.2, 0.25) is 0 Å². The molecule has 2 fully saturated rings. The number of nitrogens with zero attached hydrogens (tertiary/aromatic N) is 2. The van der Waals surface area contributed by atoms with Crippen LogP contribution in [-0.4, -0.2) is 42.0 Å². The quantitative estimate of drug-likeness (QED) is 0.822. The van der Waals surface area contributed by atoms with Gasteiger partial charge in [0.1, 0.15) is 0 Å². The normalized spacial score (nSPS) is 22.5. The van der Waals surface area contributed by atoms with Crippen LogP contribution in [0.15, 0.2) is 30.5 Å². The maximum absolute atomic E-state index is 13.0. The molecule has 2 aromatic rings. The zero-order chi connectivity index (χ0) is 15.8. The van der Waals surface area contributed by atoms with Crippen molar-refractivity contribution >= 4 is 41.6 Å². The zero-order valence-corrected chi connectivity index (χ0v) is 16.0. The highest BCUT2D eigenvalue weighted by molar-refractivity contribution is 6.00. The molecule has 0 aliphatic carbocycles. The van der Waals surface area contributed by atoms with Crippen molar-refractivity contribution in [2.75, 3.05) is 26.2 Å². The molecule has 4 nitrogen and oxygen atoms in total. The molecule has 0 saturated carbocycles. The predicted molar refractivity (Wildman–Crippen MR) is 106 cm³/mol. The number of para-hydroxylation sites is 1. The fourth-order valence-electron chi connectivity index (χ4n) is 4.09. The van der Waals surface area contributed by atoms with E-state index in [4.69, 9.17) is 0 Å². The van der Waals surface area contributed by atoms with Crippen LogP contribution in [0.25, 0.3) is 10.9 Å². The molecule has 2 atom stereocenters. The van der Waals surface area contributed by atoms with Crippen LogP contribution >= 0.6 is 24.8 Å². The average molecular weight is 382 g/mol. The molecule has 3 heterocycles. The van der Waals surface area contributed by atoms with E-state index in [-0.39, 0.29) is 30.7 Å². The molecule has 6 heteroatoms.